The Labute approximate surface area is 82.5 Å². The van der Waals surface area contributed by atoms with Crippen molar-refractivity contribution < 1.29 is 23.1 Å². The van der Waals surface area contributed by atoms with Gasteiger partial charge in [0.1, 0.15) is 5.69 Å². The SMILES string of the molecule is NC(=O)[C@@H](O)c1ccc(C(F)(F)F)nc1. The number of nitrogens with zero attached hydrogens (tertiary/aromatic N) is 1. The average molecular weight is 220 g/mol. The summed E-state index contributed by atoms with van der Waals surface area (Å²) in [5, 5.41) is 9.10. The Hall–Kier alpha value is -1.63. The molecule has 0 aromatic carbocycles. The van der Waals surface area contributed by atoms with Crippen molar-refractivity contribution in [3.05, 3.63) is 29.6 Å². The van der Waals surface area contributed by atoms with E-state index in [-0.39, 0.29) is 5.56 Å². The van der Waals surface area contributed by atoms with E-state index in [0.29, 0.717) is 6.07 Å². The molecule has 0 spiro atoms. The van der Waals surface area contributed by atoms with E-state index >= 15 is 0 Å². The minimum absolute atomic E-state index is 0.0736. The number of aliphatic hydroxyl groups excluding tert-OH is 1. The van der Waals surface area contributed by atoms with E-state index in [9.17, 15) is 18.0 Å². The summed E-state index contributed by atoms with van der Waals surface area (Å²) in [5.41, 5.74) is 3.58. The van der Waals surface area contributed by atoms with E-state index in [1.54, 1.807) is 0 Å². The molecule has 1 atom stereocenters. The van der Waals surface area contributed by atoms with Crippen LogP contribution in [0, 0.1) is 0 Å². The lowest BCUT2D eigenvalue weighted by Gasteiger charge is -2.08. The van der Waals surface area contributed by atoms with E-state index in [4.69, 9.17) is 10.8 Å². The number of nitrogens with two attached hydrogens (primary N) is 1. The van der Waals surface area contributed by atoms with Crippen LogP contribution in [0.2, 0.25) is 0 Å². The standard InChI is InChI=1S/C8H7F3N2O2/c9-8(10,11)5-2-1-4(3-13-5)6(14)7(12)15/h1-3,6,14H,(H2,12,15)/t6-/m0/s1. The molecule has 1 rings (SSSR count). The van der Waals surface area contributed by atoms with Crippen molar-refractivity contribution in [1.29, 1.82) is 0 Å². The number of aromatic nitrogens is 1. The molecule has 0 saturated heterocycles. The molecule has 0 unspecified atom stereocenters. The molecule has 1 aromatic rings. The largest absolute Gasteiger partial charge is 0.433 e. The molecule has 3 N–H and O–H groups in total. The lowest BCUT2D eigenvalue weighted by atomic mass is 10.1. The molecule has 0 radical (unpaired) electrons. The van der Waals surface area contributed by atoms with Crippen LogP contribution in [0.4, 0.5) is 13.2 Å². The number of pyridine rings is 1. The van der Waals surface area contributed by atoms with Crippen molar-refractivity contribution in [3.8, 4) is 0 Å². The van der Waals surface area contributed by atoms with E-state index in [1.807, 2.05) is 0 Å². The summed E-state index contributed by atoms with van der Waals surface area (Å²) >= 11 is 0. The number of primary amides is 1. The van der Waals surface area contributed by atoms with Crippen LogP contribution in [0.15, 0.2) is 18.3 Å². The van der Waals surface area contributed by atoms with Crippen LogP contribution in [-0.4, -0.2) is 16.0 Å². The van der Waals surface area contributed by atoms with Gasteiger partial charge in [-0.1, -0.05) is 6.07 Å². The average Bonchev–Trinajstić information content (AvgIpc) is 2.15. The van der Waals surface area contributed by atoms with Crippen LogP contribution in [-0.2, 0) is 11.0 Å². The highest BCUT2D eigenvalue weighted by Gasteiger charge is 2.32. The topological polar surface area (TPSA) is 76.2 Å². The highest BCUT2D eigenvalue weighted by atomic mass is 19.4. The Morgan fingerprint density at radius 2 is 2.07 bits per heavy atom. The molecule has 0 saturated carbocycles. The smallest absolute Gasteiger partial charge is 0.378 e. The maximum atomic E-state index is 12.1. The fourth-order valence-electron chi connectivity index (χ4n) is 0.899. The van der Waals surface area contributed by atoms with Crippen molar-refractivity contribution >= 4 is 5.91 Å². The summed E-state index contributed by atoms with van der Waals surface area (Å²) in [6, 6.07) is 1.62. The number of carbonyl (C=O) groups excluding carboxylic acids is 1. The summed E-state index contributed by atoms with van der Waals surface area (Å²) in [4.78, 5) is 13.6. The van der Waals surface area contributed by atoms with E-state index < -0.39 is 23.9 Å². The predicted octanol–water partition coefficient (Wildman–Crippen LogP) is 0.619. The van der Waals surface area contributed by atoms with Gasteiger partial charge in [0, 0.05) is 11.8 Å². The van der Waals surface area contributed by atoms with Crippen molar-refractivity contribution in [2.24, 2.45) is 5.73 Å². The van der Waals surface area contributed by atoms with Gasteiger partial charge in [0.25, 0.3) is 5.91 Å². The molecule has 0 aliphatic carbocycles. The summed E-state index contributed by atoms with van der Waals surface area (Å²) in [6.45, 7) is 0. The molecule has 15 heavy (non-hydrogen) atoms. The molecule has 7 heteroatoms. The highest BCUT2D eigenvalue weighted by Crippen LogP contribution is 2.27. The van der Waals surface area contributed by atoms with Gasteiger partial charge < -0.3 is 10.8 Å². The predicted molar refractivity (Wildman–Crippen MR) is 43.4 cm³/mol. The van der Waals surface area contributed by atoms with Crippen LogP contribution in [0.5, 0.6) is 0 Å². The maximum absolute atomic E-state index is 12.1. The number of amides is 1. The van der Waals surface area contributed by atoms with Gasteiger partial charge in [-0.25, -0.2) is 0 Å². The van der Waals surface area contributed by atoms with Crippen LogP contribution in [0.1, 0.15) is 17.4 Å². The number of alkyl halides is 3. The number of carbonyl (C=O) groups is 1. The second-order valence-corrected chi connectivity index (χ2v) is 2.78. The van der Waals surface area contributed by atoms with E-state index in [2.05, 4.69) is 4.98 Å². The van der Waals surface area contributed by atoms with Gasteiger partial charge in [-0.3, -0.25) is 9.78 Å². The van der Waals surface area contributed by atoms with Gasteiger partial charge in [0.2, 0.25) is 0 Å². The summed E-state index contributed by atoms with van der Waals surface area (Å²) in [6.07, 6.45) is -5.42. The number of aliphatic hydroxyl groups is 1. The van der Waals surface area contributed by atoms with Crippen LogP contribution >= 0.6 is 0 Å². The van der Waals surface area contributed by atoms with Gasteiger partial charge in [0.05, 0.1) is 0 Å². The zero-order valence-electron chi connectivity index (χ0n) is 7.32. The third kappa shape index (κ3) is 2.66. The second kappa shape index (κ2) is 3.85. The quantitative estimate of drug-likeness (QED) is 0.766. The van der Waals surface area contributed by atoms with Gasteiger partial charge in [-0.2, -0.15) is 13.2 Å². The van der Waals surface area contributed by atoms with Crippen LogP contribution in [0.3, 0.4) is 0 Å². The summed E-state index contributed by atoms with van der Waals surface area (Å²) in [5.74, 6) is -1.04. The molecule has 0 aliphatic rings. The van der Waals surface area contributed by atoms with Crippen molar-refractivity contribution in [2.75, 3.05) is 0 Å². The lowest BCUT2D eigenvalue weighted by Crippen LogP contribution is -2.21. The molecular formula is C8H7F3N2O2. The number of halogens is 3. The van der Waals surface area contributed by atoms with Crippen LogP contribution in [0.25, 0.3) is 0 Å². The van der Waals surface area contributed by atoms with Gasteiger partial charge in [-0.05, 0) is 6.07 Å². The maximum Gasteiger partial charge on any atom is 0.433 e. The molecular weight excluding hydrogens is 213 g/mol. The Morgan fingerprint density at radius 3 is 2.40 bits per heavy atom. The summed E-state index contributed by atoms with van der Waals surface area (Å²) in [7, 11) is 0. The van der Waals surface area contributed by atoms with Gasteiger partial charge in [-0.15, -0.1) is 0 Å². The van der Waals surface area contributed by atoms with Crippen molar-refractivity contribution in [3.63, 3.8) is 0 Å². The lowest BCUT2D eigenvalue weighted by molar-refractivity contribution is -0.141. The Morgan fingerprint density at radius 1 is 1.47 bits per heavy atom. The zero-order chi connectivity index (χ0) is 11.6. The third-order valence-corrected chi connectivity index (χ3v) is 1.66. The molecule has 1 amide bonds. The fraction of sp³-hybridized carbons (Fsp3) is 0.250. The monoisotopic (exact) mass is 220 g/mol. The molecule has 0 bridgehead atoms. The Kier molecular flexibility index (Phi) is 2.94. The first kappa shape index (κ1) is 11.4. The van der Waals surface area contributed by atoms with Crippen molar-refractivity contribution in [2.45, 2.75) is 12.3 Å². The first-order chi connectivity index (χ1) is 6.82. The minimum atomic E-state index is -4.55. The molecule has 0 fully saturated rings. The van der Waals surface area contributed by atoms with Crippen LogP contribution < -0.4 is 5.73 Å². The van der Waals surface area contributed by atoms with Gasteiger partial charge >= 0.3 is 6.18 Å². The molecule has 1 heterocycles. The second-order valence-electron chi connectivity index (χ2n) is 2.78. The Bertz CT molecular complexity index is 361. The fourth-order valence-corrected chi connectivity index (χ4v) is 0.899. The molecule has 0 aliphatic heterocycles. The summed E-state index contributed by atoms with van der Waals surface area (Å²) < 4.78 is 36.2. The normalized spacial score (nSPS) is 13.6. The number of rotatable bonds is 2. The first-order valence-corrected chi connectivity index (χ1v) is 3.83. The van der Waals surface area contributed by atoms with Gasteiger partial charge in [0.15, 0.2) is 6.10 Å². The Balaban J connectivity index is 2.95. The zero-order valence-corrected chi connectivity index (χ0v) is 7.32. The molecule has 4 nitrogen and oxygen atoms in total. The van der Waals surface area contributed by atoms with E-state index in [1.165, 1.54) is 0 Å². The molecule has 1 aromatic heterocycles. The third-order valence-electron chi connectivity index (χ3n) is 1.66. The number of hydrogen-bond donors (Lipinski definition) is 2. The minimum Gasteiger partial charge on any atom is -0.378 e. The highest BCUT2D eigenvalue weighted by molar-refractivity contribution is 5.79. The molecule has 82 valence electrons. The van der Waals surface area contributed by atoms with Crippen molar-refractivity contribution in [1.82, 2.24) is 4.98 Å². The van der Waals surface area contributed by atoms with E-state index in [0.717, 1.165) is 12.3 Å². The first-order valence-electron chi connectivity index (χ1n) is 3.83. The number of hydrogen-bond acceptors (Lipinski definition) is 3.